The summed E-state index contributed by atoms with van der Waals surface area (Å²) in [6.45, 7) is 5.86. The van der Waals surface area contributed by atoms with Gasteiger partial charge in [-0.15, -0.1) is 0 Å². The van der Waals surface area contributed by atoms with Crippen LogP contribution in [0.5, 0.6) is 0 Å². The minimum atomic E-state index is -0.628. The van der Waals surface area contributed by atoms with Gasteiger partial charge in [0.15, 0.2) is 0 Å². The normalized spacial score (nSPS) is 12.3. The first-order chi connectivity index (χ1) is 7.12. The van der Waals surface area contributed by atoms with E-state index in [0.717, 1.165) is 12.8 Å². The van der Waals surface area contributed by atoms with Gasteiger partial charge in [-0.25, -0.2) is 0 Å². The lowest BCUT2D eigenvalue weighted by Gasteiger charge is -2.30. The van der Waals surface area contributed by atoms with Gasteiger partial charge in [-0.05, 0) is 19.8 Å². The molecule has 0 heterocycles. The Balaban J connectivity index is 4.64. The van der Waals surface area contributed by atoms with Crippen molar-refractivity contribution >= 4 is 5.91 Å². The minimum absolute atomic E-state index is 0.0552. The molecule has 0 spiro atoms. The molecule has 4 heteroatoms. The van der Waals surface area contributed by atoms with Gasteiger partial charge in [-0.3, -0.25) is 4.79 Å². The minimum Gasteiger partial charge on any atom is -0.395 e. The van der Waals surface area contributed by atoms with Crippen LogP contribution in [0.3, 0.4) is 0 Å². The Morgan fingerprint density at radius 3 is 2.33 bits per heavy atom. The Labute approximate surface area is 91.5 Å². The molecule has 0 aromatic rings. The number of rotatable bonds is 6. The quantitative estimate of drug-likeness (QED) is 0.718. The van der Waals surface area contributed by atoms with Gasteiger partial charge in [-0.2, -0.15) is 5.26 Å². The number of carbonyl (C=O) groups excluding carboxylic acids is 1. The fraction of sp³-hybridized carbons (Fsp3) is 0.818. The largest absolute Gasteiger partial charge is 0.395 e. The molecule has 1 N–H and O–H groups in total. The third kappa shape index (κ3) is 3.88. The summed E-state index contributed by atoms with van der Waals surface area (Å²) in [6, 6.07) is 2.06. The number of hydrogen-bond acceptors (Lipinski definition) is 3. The second-order valence-electron chi connectivity index (χ2n) is 3.58. The summed E-state index contributed by atoms with van der Waals surface area (Å²) in [5.74, 6) is -0.808. The first-order valence-electron chi connectivity index (χ1n) is 5.43. The van der Waals surface area contributed by atoms with E-state index in [0.29, 0.717) is 6.54 Å². The zero-order valence-corrected chi connectivity index (χ0v) is 9.73. The highest BCUT2D eigenvalue weighted by molar-refractivity contribution is 5.81. The van der Waals surface area contributed by atoms with Gasteiger partial charge in [0.2, 0.25) is 5.91 Å². The van der Waals surface area contributed by atoms with Gasteiger partial charge >= 0.3 is 0 Å². The number of aliphatic hydroxyl groups excluding tert-OH is 1. The lowest BCUT2D eigenvalue weighted by atomic mass is 10.1. The number of amides is 1. The predicted octanol–water partition coefficient (Wildman–Crippen LogP) is 1.16. The van der Waals surface area contributed by atoms with Crippen LogP contribution in [0, 0.1) is 17.2 Å². The Kier molecular flexibility index (Phi) is 6.72. The molecule has 0 aromatic heterocycles. The van der Waals surface area contributed by atoms with Gasteiger partial charge in [0.25, 0.3) is 0 Å². The van der Waals surface area contributed by atoms with E-state index in [1.54, 1.807) is 11.8 Å². The highest BCUT2D eigenvalue weighted by atomic mass is 16.3. The van der Waals surface area contributed by atoms with Crippen LogP contribution in [-0.2, 0) is 4.79 Å². The summed E-state index contributed by atoms with van der Waals surface area (Å²) < 4.78 is 0. The van der Waals surface area contributed by atoms with Crippen molar-refractivity contribution < 1.29 is 9.90 Å². The SMILES string of the molecule is CCC(CC)N(CCO)C(=O)C(C)C#N. The zero-order chi connectivity index (χ0) is 11.8. The monoisotopic (exact) mass is 212 g/mol. The average Bonchev–Trinajstić information content (AvgIpc) is 2.27. The maximum absolute atomic E-state index is 11.8. The average molecular weight is 212 g/mol. The van der Waals surface area contributed by atoms with Crippen molar-refractivity contribution in [1.82, 2.24) is 4.90 Å². The van der Waals surface area contributed by atoms with Crippen molar-refractivity contribution in [2.24, 2.45) is 5.92 Å². The summed E-state index contributed by atoms with van der Waals surface area (Å²) >= 11 is 0. The summed E-state index contributed by atoms with van der Waals surface area (Å²) in [5, 5.41) is 17.6. The summed E-state index contributed by atoms with van der Waals surface area (Å²) in [6.07, 6.45) is 1.70. The molecule has 0 saturated heterocycles. The first kappa shape index (κ1) is 13.9. The number of nitriles is 1. The predicted molar refractivity (Wildman–Crippen MR) is 57.9 cm³/mol. The Morgan fingerprint density at radius 2 is 2.00 bits per heavy atom. The molecule has 0 fully saturated rings. The van der Waals surface area contributed by atoms with Gasteiger partial charge < -0.3 is 10.0 Å². The molecule has 1 unspecified atom stereocenters. The maximum atomic E-state index is 11.8. The Morgan fingerprint density at radius 1 is 1.47 bits per heavy atom. The summed E-state index contributed by atoms with van der Waals surface area (Å²) in [7, 11) is 0. The Bertz CT molecular complexity index is 231. The molecule has 15 heavy (non-hydrogen) atoms. The molecule has 0 aliphatic carbocycles. The third-order valence-electron chi connectivity index (χ3n) is 2.57. The van der Waals surface area contributed by atoms with Crippen molar-refractivity contribution in [1.29, 1.82) is 5.26 Å². The molecule has 86 valence electrons. The molecule has 0 saturated carbocycles. The van der Waals surface area contributed by atoms with Crippen LogP contribution in [-0.4, -0.2) is 35.1 Å². The van der Waals surface area contributed by atoms with E-state index in [9.17, 15) is 4.79 Å². The van der Waals surface area contributed by atoms with Crippen LogP contribution in [0.2, 0.25) is 0 Å². The highest BCUT2D eigenvalue weighted by Gasteiger charge is 2.24. The van der Waals surface area contributed by atoms with Crippen molar-refractivity contribution in [2.45, 2.75) is 39.7 Å². The van der Waals surface area contributed by atoms with Crippen LogP contribution in [0.1, 0.15) is 33.6 Å². The summed E-state index contributed by atoms with van der Waals surface area (Å²) in [5.41, 5.74) is 0. The van der Waals surface area contributed by atoms with E-state index < -0.39 is 5.92 Å². The van der Waals surface area contributed by atoms with Crippen molar-refractivity contribution in [3.05, 3.63) is 0 Å². The van der Waals surface area contributed by atoms with E-state index in [2.05, 4.69) is 0 Å². The summed E-state index contributed by atoms with van der Waals surface area (Å²) in [4.78, 5) is 13.4. The molecule has 1 amide bonds. The molecule has 0 bridgehead atoms. The standard InChI is InChI=1S/C11H20N2O2/c1-4-10(5-2)13(6-7-14)11(15)9(3)8-12/h9-10,14H,4-7H2,1-3H3. The molecule has 0 aromatic carbocycles. The van der Waals surface area contributed by atoms with E-state index in [1.807, 2.05) is 19.9 Å². The number of hydrogen-bond donors (Lipinski definition) is 1. The van der Waals surface area contributed by atoms with Crippen LogP contribution in [0.4, 0.5) is 0 Å². The van der Waals surface area contributed by atoms with Crippen LogP contribution < -0.4 is 0 Å². The van der Waals surface area contributed by atoms with E-state index in [1.165, 1.54) is 0 Å². The molecular weight excluding hydrogens is 192 g/mol. The maximum Gasteiger partial charge on any atom is 0.239 e. The lowest BCUT2D eigenvalue weighted by molar-refractivity contribution is -0.136. The highest BCUT2D eigenvalue weighted by Crippen LogP contribution is 2.12. The molecule has 0 aliphatic rings. The second kappa shape index (κ2) is 7.24. The molecule has 0 radical (unpaired) electrons. The lowest BCUT2D eigenvalue weighted by Crippen LogP contribution is -2.43. The van der Waals surface area contributed by atoms with Crippen molar-refractivity contribution in [3.63, 3.8) is 0 Å². The molecule has 1 atom stereocenters. The topological polar surface area (TPSA) is 64.3 Å². The number of aliphatic hydroxyl groups is 1. The van der Waals surface area contributed by atoms with Crippen LogP contribution >= 0.6 is 0 Å². The van der Waals surface area contributed by atoms with Gasteiger partial charge in [0, 0.05) is 12.6 Å². The van der Waals surface area contributed by atoms with Crippen molar-refractivity contribution in [2.75, 3.05) is 13.2 Å². The fourth-order valence-electron chi connectivity index (χ4n) is 1.61. The molecule has 4 nitrogen and oxygen atoms in total. The van der Waals surface area contributed by atoms with E-state index >= 15 is 0 Å². The molecule has 0 rings (SSSR count). The van der Waals surface area contributed by atoms with Crippen LogP contribution in [0.25, 0.3) is 0 Å². The molecule has 0 aliphatic heterocycles. The number of carbonyl (C=O) groups is 1. The van der Waals surface area contributed by atoms with E-state index in [-0.39, 0.29) is 18.6 Å². The van der Waals surface area contributed by atoms with E-state index in [4.69, 9.17) is 10.4 Å². The smallest absolute Gasteiger partial charge is 0.239 e. The molecular formula is C11H20N2O2. The van der Waals surface area contributed by atoms with Crippen LogP contribution in [0.15, 0.2) is 0 Å². The Hall–Kier alpha value is -1.08. The number of nitrogens with zero attached hydrogens (tertiary/aromatic N) is 2. The first-order valence-corrected chi connectivity index (χ1v) is 5.43. The van der Waals surface area contributed by atoms with Gasteiger partial charge in [-0.1, -0.05) is 13.8 Å². The fourth-order valence-corrected chi connectivity index (χ4v) is 1.61. The second-order valence-corrected chi connectivity index (χ2v) is 3.58. The zero-order valence-electron chi connectivity index (χ0n) is 9.73. The van der Waals surface area contributed by atoms with Crippen molar-refractivity contribution in [3.8, 4) is 6.07 Å². The van der Waals surface area contributed by atoms with Gasteiger partial charge in [0.1, 0.15) is 5.92 Å². The van der Waals surface area contributed by atoms with Gasteiger partial charge in [0.05, 0.1) is 12.7 Å². The third-order valence-corrected chi connectivity index (χ3v) is 2.57.